The summed E-state index contributed by atoms with van der Waals surface area (Å²) >= 11 is 0. The molecule has 38 heavy (non-hydrogen) atoms. The number of nitrogens with one attached hydrogen (secondary N) is 1. The molecule has 9 heteroatoms. The number of hydrogen-bond acceptors (Lipinski definition) is 7. The SMILES string of the molecule is O=C(/C=C/CCN1CC2CC(O)CC2C1)N1CCc2c(cn3ncnc(N[C@H](CO)c4ccccc4)c23)C1. The Hall–Kier alpha value is -3.27. The van der Waals surface area contributed by atoms with Crippen LogP contribution >= 0.6 is 0 Å². The Balaban J connectivity index is 1.08. The van der Waals surface area contributed by atoms with E-state index in [4.69, 9.17) is 0 Å². The second-order valence-electron chi connectivity index (χ2n) is 10.9. The first-order valence-corrected chi connectivity index (χ1v) is 13.7. The van der Waals surface area contributed by atoms with Crippen LogP contribution in [0.1, 0.15) is 42.0 Å². The number of hydrogen-bond donors (Lipinski definition) is 3. The molecule has 1 saturated carbocycles. The van der Waals surface area contributed by atoms with Crippen LogP contribution in [-0.4, -0.2) is 79.4 Å². The minimum Gasteiger partial charge on any atom is -0.394 e. The maximum absolute atomic E-state index is 12.9. The summed E-state index contributed by atoms with van der Waals surface area (Å²) in [5.74, 6) is 2.01. The van der Waals surface area contributed by atoms with Gasteiger partial charge in [0.05, 0.1) is 18.8 Å². The Bertz CT molecular complexity index is 1290. The van der Waals surface area contributed by atoms with E-state index in [0.29, 0.717) is 30.7 Å². The molecule has 2 unspecified atom stereocenters. The smallest absolute Gasteiger partial charge is 0.246 e. The molecule has 3 aromatic rings. The Morgan fingerprint density at radius 1 is 1.18 bits per heavy atom. The molecule has 0 radical (unpaired) electrons. The van der Waals surface area contributed by atoms with Crippen LogP contribution in [0, 0.1) is 11.8 Å². The molecule has 1 saturated heterocycles. The largest absolute Gasteiger partial charge is 0.394 e. The zero-order valence-electron chi connectivity index (χ0n) is 21.6. The number of benzene rings is 1. The van der Waals surface area contributed by atoms with E-state index < -0.39 is 0 Å². The van der Waals surface area contributed by atoms with E-state index in [1.165, 1.54) is 6.33 Å². The van der Waals surface area contributed by atoms with E-state index >= 15 is 0 Å². The number of aliphatic hydroxyl groups excluding tert-OH is 2. The van der Waals surface area contributed by atoms with Gasteiger partial charge < -0.3 is 25.3 Å². The third-order valence-corrected chi connectivity index (χ3v) is 8.44. The van der Waals surface area contributed by atoms with Gasteiger partial charge in [-0.15, -0.1) is 0 Å². The molecule has 4 heterocycles. The molecule has 9 nitrogen and oxygen atoms in total. The normalized spacial score (nSPS) is 24.2. The number of anilines is 1. The molecule has 2 aromatic heterocycles. The topological polar surface area (TPSA) is 106 Å². The molecule has 200 valence electrons. The van der Waals surface area contributed by atoms with Crippen molar-refractivity contribution in [2.45, 2.75) is 44.4 Å². The predicted molar refractivity (Wildman–Crippen MR) is 144 cm³/mol. The van der Waals surface area contributed by atoms with Crippen LogP contribution in [0.5, 0.6) is 0 Å². The van der Waals surface area contributed by atoms with Crippen molar-refractivity contribution in [1.29, 1.82) is 0 Å². The summed E-state index contributed by atoms with van der Waals surface area (Å²) in [6.45, 7) is 4.24. The predicted octanol–water partition coefficient (Wildman–Crippen LogP) is 2.41. The zero-order chi connectivity index (χ0) is 26.1. The summed E-state index contributed by atoms with van der Waals surface area (Å²) in [4.78, 5) is 21.8. The number of rotatable bonds is 8. The summed E-state index contributed by atoms with van der Waals surface area (Å²) in [6, 6.07) is 9.56. The highest BCUT2D eigenvalue weighted by atomic mass is 16.3. The Morgan fingerprint density at radius 3 is 2.74 bits per heavy atom. The summed E-state index contributed by atoms with van der Waals surface area (Å²) in [5, 5.41) is 27.7. The van der Waals surface area contributed by atoms with Crippen LogP contribution in [0.25, 0.3) is 5.52 Å². The molecule has 2 fully saturated rings. The van der Waals surface area contributed by atoms with Crippen LogP contribution in [0.15, 0.2) is 55.0 Å². The molecule has 3 aliphatic rings. The molecule has 0 bridgehead atoms. The molecule has 1 aromatic carbocycles. The quantitative estimate of drug-likeness (QED) is 0.395. The van der Waals surface area contributed by atoms with Crippen LogP contribution in [0.4, 0.5) is 5.82 Å². The van der Waals surface area contributed by atoms with Gasteiger partial charge in [-0.3, -0.25) is 4.79 Å². The van der Waals surface area contributed by atoms with Crippen molar-refractivity contribution < 1.29 is 15.0 Å². The van der Waals surface area contributed by atoms with Gasteiger partial charge in [-0.25, -0.2) is 9.50 Å². The average Bonchev–Trinajstić information content (AvgIpc) is 3.60. The van der Waals surface area contributed by atoms with Crippen molar-refractivity contribution in [3.8, 4) is 0 Å². The minimum absolute atomic E-state index is 0.0428. The number of aliphatic hydroxyl groups is 2. The van der Waals surface area contributed by atoms with Crippen molar-refractivity contribution in [3.05, 3.63) is 71.7 Å². The lowest BCUT2D eigenvalue weighted by Gasteiger charge is -2.26. The molecule has 3 atom stereocenters. The number of carbonyl (C=O) groups is 1. The summed E-state index contributed by atoms with van der Waals surface area (Å²) in [5.41, 5.74) is 4.12. The lowest BCUT2D eigenvalue weighted by Crippen LogP contribution is -2.34. The fourth-order valence-electron chi connectivity index (χ4n) is 6.54. The van der Waals surface area contributed by atoms with E-state index in [1.54, 1.807) is 6.08 Å². The number of aromatic nitrogens is 3. The van der Waals surface area contributed by atoms with Gasteiger partial charge >= 0.3 is 0 Å². The number of likely N-dealkylation sites (tertiary alicyclic amines) is 1. The van der Waals surface area contributed by atoms with Crippen molar-refractivity contribution >= 4 is 17.2 Å². The van der Waals surface area contributed by atoms with Crippen LogP contribution < -0.4 is 5.32 Å². The van der Waals surface area contributed by atoms with Gasteiger partial charge in [0.25, 0.3) is 0 Å². The van der Waals surface area contributed by atoms with Crippen molar-refractivity contribution in [3.63, 3.8) is 0 Å². The molecule has 0 spiro atoms. The standard InChI is InChI=1S/C29H36N6O3/c36-18-26(20-6-2-1-3-7-20)32-29-28-25-9-11-34(16-23(25)17-35(28)31-19-30-29)27(38)8-4-5-10-33-14-21-12-24(37)13-22(21)15-33/h1-4,6-8,17,19,21-22,24,26,36-37H,5,9-16,18H2,(H,30,31,32)/b8-4+/t21?,22?,24?,26-/m1/s1. The summed E-state index contributed by atoms with van der Waals surface area (Å²) in [6.07, 6.45) is 10.6. The first-order chi connectivity index (χ1) is 18.6. The zero-order valence-corrected chi connectivity index (χ0v) is 21.6. The summed E-state index contributed by atoms with van der Waals surface area (Å²) < 4.78 is 1.83. The van der Waals surface area contributed by atoms with E-state index in [1.807, 2.05) is 52.0 Å². The third kappa shape index (κ3) is 5.06. The van der Waals surface area contributed by atoms with Crippen LogP contribution in [0.3, 0.4) is 0 Å². The van der Waals surface area contributed by atoms with Gasteiger partial charge in [0.15, 0.2) is 5.82 Å². The molecular formula is C29H36N6O3. The Labute approximate surface area is 222 Å². The number of carbonyl (C=O) groups excluding carboxylic acids is 1. The first kappa shape index (κ1) is 25.0. The van der Waals surface area contributed by atoms with Gasteiger partial charge in [-0.2, -0.15) is 5.10 Å². The second-order valence-corrected chi connectivity index (χ2v) is 10.9. The van der Waals surface area contributed by atoms with Gasteiger partial charge in [0, 0.05) is 38.9 Å². The van der Waals surface area contributed by atoms with Crippen molar-refractivity contribution in [1.82, 2.24) is 24.4 Å². The summed E-state index contributed by atoms with van der Waals surface area (Å²) in [7, 11) is 0. The molecular weight excluding hydrogens is 480 g/mol. The highest BCUT2D eigenvalue weighted by Crippen LogP contribution is 2.38. The van der Waals surface area contributed by atoms with E-state index in [9.17, 15) is 15.0 Å². The van der Waals surface area contributed by atoms with Crippen molar-refractivity contribution in [2.24, 2.45) is 11.8 Å². The maximum Gasteiger partial charge on any atom is 0.246 e. The lowest BCUT2D eigenvalue weighted by molar-refractivity contribution is -0.126. The highest BCUT2D eigenvalue weighted by molar-refractivity contribution is 5.88. The lowest BCUT2D eigenvalue weighted by atomic mass is 10.0. The number of fused-ring (bicyclic) bond motifs is 4. The van der Waals surface area contributed by atoms with Gasteiger partial charge in [0.1, 0.15) is 11.8 Å². The Kier molecular flexibility index (Phi) is 7.14. The monoisotopic (exact) mass is 516 g/mol. The number of nitrogens with zero attached hydrogens (tertiary/aromatic N) is 5. The van der Waals surface area contributed by atoms with E-state index in [-0.39, 0.29) is 24.7 Å². The van der Waals surface area contributed by atoms with Gasteiger partial charge in [0.2, 0.25) is 5.91 Å². The second kappa shape index (κ2) is 10.8. The molecule has 2 aliphatic heterocycles. The fraction of sp³-hybridized carbons (Fsp3) is 0.483. The van der Waals surface area contributed by atoms with Crippen LogP contribution in [0.2, 0.25) is 0 Å². The van der Waals surface area contributed by atoms with E-state index in [2.05, 4.69) is 20.3 Å². The highest BCUT2D eigenvalue weighted by Gasteiger charge is 2.39. The van der Waals surface area contributed by atoms with Crippen molar-refractivity contribution in [2.75, 3.05) is 38.1 Å². The van der Waals surface area contributed by atoms with Gasteiger partial charge in [-0.05, 0) is 60.3 Å². The maximum atomic E-state index is 12.9. The molecule has 1 amide bonds. The third-order valence-electron chi connectivity index (χ3n) is 8.44. The average molecular weight is 517 g/mol. The first-order valence-electron chi connectivity index (χ1n) is 13.7. The molecule has 6 rings (SSSR count). The van der Waals surface area contributed by atoms with Gasteiger partial charge in [-0.1, -0.05) is 36.4 Å². The molecule has 1 aliphatic carbocycles. The minimum atomic E-state index is -0.279. The fourth-order valence-corrected chi connectivity index (χ4v) is 6.54. The number of amides is 1. The Morgan fingerprint density at radius 2 is 1.97 bits per heavy atom. The molecule has 3 N–H and O–H groups in total. The van der Waals surface area contributed by atoms with Crippen LogP contribution in [-0.2, 0) is 17.8 Å². The van der Waals surface area contributed by atoms with E-state index in [0.717, 1.165) is 67.5 Å².